The number of halogens is 1. The number of carbonyl (C=O) groups is 2. The van der Waals surface area contributed by atoms with Crippen molar-refractivity contribution >= 4 is 29.1 Å². The maximum Gasteiger partial charge on any atom is 0.295 e. The summed E-state index contributed by atoms with van der Waals surface area (Å²) in [6.45, 7) is 0.860. The van der Waals surface area contributed by atoms with Crippen LogP contribution in [0.3, 0.4) is 0 Å². The van der Waals surface area contributed by atoms with Crippen molar-refractivity contribution in [1.82, 2.24) is 4.90 Å². The van der Waals surface area contributed by atoms with Crippen molar-refractivity contribution in [3.8, 4) is 5.75 Å². The molecule has 0 saturated carbocycles. The van der Waals surface area contributed by atoms with Crippen LogP contribution in [0, 0.1) is 0 Å². The fourth-order valence-corrected chi connectivity index (χ4v) is 4.00. The molecule has 1 aromatic carbocycles. The van der Waals surface area contributed by atoms with Crippen LogP contribution in [0.5, 0.6) is 5.75 Å². The quantitative estimate of drug-likeness (QED) is 0.454. The minimum atomic E-state index is -0.863. The molecule has 0 radical (unpaired) electrons. The van der Waals surface area contributed by atoms with Gasteiger partial charge in [0.05, 0.1) is 30.6 Å². The Morgan fingerprint density at radius 3 is 2.83 bits per heavy atom. The third kappa shape index (κ3) is 3.52. The smallest absolute Gasteiger partial charge is 0.295 e. The van der Waals surface area contributed by atoms with E-state index in [0.29, 0.717) is 23.1 Å². The number of likely N-dealkylation sites (tertiary alicyclic amines) is 1. The lowest BCUT2D eigenvalue weighted by atomic mass is 9.98. The number of carbonyl (C=O) groups excluding carboxylic acids is 2. The molecule has 0 aliphatic carbocycles. The zero-order valence-electron chi connectivity index (χ0n) is 15.8. The summed E-state index contributed by atoms with van der Waals surface area (Å²) in [6.07, 6.45) is 3.00. The second kappa shape index (κ2) is 7.93. The summed E-state index contributed by atoms with van der Waals surface area (Å²) < 4.78 is 16.5. The fraction of sp³-hybridized carbons (Fsp3) is 0.333. The molecule has 152 valence electrons. The zero-order chi connectivity index (χ0) is 20.5. The van der Waals surface area contributed by atoms with E-state index in [-0.39, 0.29) is 29.5 Å². The van der Waals surface area contributed by atoms with E-state index in [1.807, 2.05) is 0 Å². The minimum absolute atomic E-state index is 0.0662. The number of Topliss-reactive ketones (excluding diaryl/α,β-unsaturated/α-hetero) is 1. The number of hydrogen-bond acceptors (Lipinski definition) is 6. The Morgan fingerprint density at radius 2 is 2.17 bits per heavy atom. The van der Waals surface area contributed by atoms with E-state index in [1.165, 1.54) is 24.3 Å². The van der Waals surface area contributed by atoms with Crippen LogP contribution in [-0.4, -0.2) is 48.1 Å². The molecule has 2 atom stereocenters. The summed E-state index contributed by atoms with van der Waals surface area (Å²) >= 11 is 6.08. The molecule has 1 aromatic heterocycles. The number of nitrogens with zero attached hydrogens (tertiary/aromatic N) is 1. The van der Waals surface area contributed by atoms with E-state index in [9.17, 15) is 14.7 Å². The van der Waals surface area contributed by atoms with Gasteiger partial charge in [0.1, 0.15) is 23.3 Å². The van der Waals surface area contributed by atoms with Gasteiger partial charge in [0.25, 0.3) is 11.7 Å². The topological polar surface area (TPSA) is 89.2 Å². The van der Waals surface area contributed by atoms with Crippen LogP contribution in [0.1, 0.15) is 30.2 Å². The van der Waals surface area contributed by atoms with Crippen molar-refractivity contribution in [2.45, 2.75) is 25.0 Å². The van der Waals surface area contributed by atoms with Crippen LogP contribution in [0.4, 0.5) is 0 Å². The molecule has 2 unspecified atom stereocenters. The lowest BCUT2D eigenvalue weighted by Crippen LogP contribution is -2.36. The van der Waals surface area contributed by atoms with Crippen LogP contribution in [0.15, 0.2) is 46.6 Å². The van der Waals surface area contributed by atoms with Gasteiger partial charge in [0.15, 0.2) is 0 Å². The molecule has 7 nitrogen and oxygen atoms in total. The first-order valence-corrected chi connectivity index (χ1v) is 9.66. The summed E-state index contributed by atoms with van der Waals surface area (Å²) in [7, 11) is 1.44. The largest absolute Gasteiger partial charge is 0.507 e. The van der Waals surface area contributed by atoms with Gasteiger partial charge in [-0.2, -0.15) is 0 Å². The van der Waals surface area contributed by atoms with Gasteiger partial charge in [-0.15, -0.1) is 0 Å². The fourth-order valence-electron chi connectivity index (χ4n) is 3.83. The molecule has 2 fully saturated rings. The first kappa shape index (κ1) is 19.5. The number of amides is 1. The highest BCUT2D eigenvalue weighted by atomic mass is 35.5. The number of benzene rings is 1. The zero-order valence-corrected chi connectivity index (χ0v) is 16.5. The van der Waals surface area contributed by atoms with Crippen molar-refractivity contribution < 1.29 is 28.6 Å². The van der Waals surface area contributed by atoms with Gasteiger partial charge >= 0.3 is 0 Å². The second-order valence-electron chi connectivity index (χ2n) is 6.95. The Balaban J connectivity index is 1.84. The molecule has 3 heterocycles. The number of rotatable bonds is 5. The summed E-state index contributed by atoms with van der Waals surface area (Å²) in [5.74, 6) is -1.15. The van der Waals surface area contributed by atoms with Crippen LogP contribution in [0.25, 0.3) is 5.76 Å². The van der Waals surface area contributed by atoms with Gasteiger partial charge in [-0.05, 0) is 43.2 Å². The van der Waals surface area contributed by atoms with Crippen molar-refractivity contribution in [1.29, 1.82) is 0 Å². The number of aliphatic hydroxyl groups is 1. The van der Waals surface area contributed by atoms with Crippen molar-refractivity contribution in [2.24, 2.45) is 0 Å². The number of aliphatic hydroxyl groups excluding tert-OH is 1. The second-order valence-corrected chi connectivity index (χ2v) is 7.38. The monoisotopic (exact) mass is 417 g/mol. The number of furan rings is 1. The lowest BCUT2D eigenvalue weighted by Gasteiger charge is -2.25. The molecule has 1 N–H and O–H groups in total. The van der Waals surface area contributed by atoms with E-state index in [4.69, 9.17) is 25.5 Å². The van der Waals surface area contributed by atoms with Gasteiger partial charge in [-0.25, -0.2) is 0 Å². The molecule has 2 aliphatic heterocycles. The summed E-state index contributed by atoms with van der Waals surface area (Å²) in [4.78, 5) is 27.2. The Hall–Kier alpha value is -2.77. The maximum absolute atomic E-state index is 12.9. The van der Waals surface area contributed by atoms with E-state index >= 15 is 0 Å². The van der Waals surface area contributed by atoms with Crippen LogP contribution < -0.4 is 4.74 Å². The molecular weight excluding hydrogens is 398 g/mol. The highest BCUT2D eigenvalue weighted by Gasteiger charge is 2.48. The molecular formula is C21H20ClNO6. The van der Waals surface area contributed by atoms with Crippen molar-refractivity contribution in [3.05, 3.63) is 58.5 Å². The lowest BCUT2D eigenvalue weighted by molar-refractivity contribution is -0.141. The summed E-state index contributed by atoms with van der Waals surface area (Å²) in [6, 6.07) is 7.16. The third-order valence-corrected chi connectivity index (χ3v) is 5.43. The number of methoxy groups -OCH3 is 1. The first-order valence-electron chi connectivity index (χ1n) is 9.28. The predicted molar refractivity (Wildman–Crippen MR) is 105 cm³/mol. The molecule has 1 amide bonds. The average Bonchev–Trinajstić information content (AvgIpc) is 3.46. The van der Waals surface area contributed by atoms with Gasteiger partial charge in [-0.1, -0.05) is 11.6 Å². The Kier molecular flexibility index (Phi) is 5.34. The van der Waals surface area contributed by atoms with Crippen LogP contribution in [0.2, 0.25) is 5.02 Å². The summed E-state index contributed by atoms with van der Waals surface area (Å²) in [5, 5.41) is 11.4. The van der Waals surface area contributed by atoms with Crippen LogP contribution in [-0.2, 0) is 14.3 Å². The molecule has 0 bridgehead atoms. The Morgan fingerprint density at radius 1 is 1.34 bits per heavy atom. The van der Waals surface area contributed by atoms with Crippen molar-refractivity contribution in [3.63, 3.8) is 0 Å². The number of hydrogen-bond donors (Lipinski definition) is 1. The standard InChI is InChI=1S/C21H20ClNO6/c1-27-15-7-6-12(22)10-14(15)19(24)17-18(16-5-3-9-29-16)23(21(26)20(17)25)11-13-4-2-8-28-13/h3,5-7,9-10,13,18,24H,2,4,8,11H2,1H3/b19-17-. The van der Waals surface area contributed by atoms with E-state index < -0.39 is 17.7 Å². The van der Waals surface area contributed by atoms with E-state index in [2.05, 4.69) is 0 Å². The van der Waals surface area contributed by atoms with Gasteiger partial charge in [0.2, 0.25) is 0 Å². The highest BCUT2D eigenvalue weighted by Crippen LogP contribution is 2.42. The molecule has 2 aromatic rings. The maximum atomic E-state index is 12.9. The predicted octanol–water partition coefficient (Wildman–Crippen LogP) is 3.54. The number of ketones is 1. The Bertz CT molecular complexity index is 962. The van der Waals surface area contributed by atoms with E-state index in [1.54, 1.807) is 24.3 Å². The van der Waals surface area contributed by atoms with Crippen molar-refractivity contribution in [2.75, 3.05) is 20.3 Å². The molecule has 2 saturated heterocycles. The van der Waals surface area contributed by atoms with Gasteiger partial charge < -0.3 is 23.9 Å². The first-order chi connectivity index (χ1) is 14.0. The van der Waals surface area contributed by atoms with Gasteiger partial charge in [-0.3, -0.25) is 9.59 Å². The number of ether oxygens (including phenoxy) is 2. The van der Waals surface area contributed by atoms with E-state index in [0.717, 1.165) is 12.8 Å². The molecule has 8 heteroatoms. The molecule has 29 heavy (non-hydrogen) atoms. The molecule has 4 rings (SSSR count). The third-order valence-electron chi connectivity index (χ3n) is 5.19. The highest BCUT2D eigenvalue weighted by molar-refractivity contribution is 6.46. The average molecular weight is 418 g/mol. The molecule has 2 aliphatic rings. The normalized spacial score (nSPS) is 23.7. The van der Waals surface area contributed by atoms with Crippen LogP contribution >= 0.6 is 11.6 Å². The summed E-state index contributed by atoms with van der Waals surface area (Å²) in [5.41, 5.74) is 0.162. The SMILES string of the molecule is COc1ccc(Cl)cc1/C(O)=C1/C(=O)C(=O)N(CC2CCCO2)C1c1ccco1. The van der Waals surface area contributed by atoms with Gasteiger partial charge in [0, 0.05) is 18.2 Å². The minimum Gasteiger partial charge on any atom is -0.507 e. The Labute approximate surface area is 172 Å². The molecule has 0 spiro atoms.